The predicted octanol–water partition coefficient (Wildman–Crippen LogP) is 2.72. The first-order chi connectivity index (χ1) is 8.94. The summed E-state index contributed by atoms with van der Waals surface area (Å²) in [6, 6.07) is 4.21. The molecule has 0 unspecified atom stereocenters. The second kappa shape index (κ2) is 7.81. The van der Waals surface area contributed by atoms with Gasteiger partial charge < -0.3 is 5.32 Å². The van der Waals surface area contributed by atoms with Crippen molar-refractivity contribution < 1.29 is 12.8 Å². The van der Waals surface area contributed by atoms with E-state index in [1.54, 1.807) is 6.07 Å². The molecule has 19 heavy (non-hydrogen) atoms. The highest BCUT2D eigenvalue weighted by atomic mass is 79.9. The van der Waals surface area contributed by atoms with Crippen molar-refractivity contribution in [2.75, 3.05) is 23.6 Å². The van der Waals surface area contributed by atoms with E-state index in [4.69, 9.17) is 0 Å². The van der Waals surface area contributed by atoms with E-state index in [0.29, 0.717) is 10.9 Å². The van der Waals surface area contributed by atoms with Gasteiger partial charge in [-0.2, -0.15) is 0 Å². The maximum absolute atomic E-state index is 13.5. The molecule has 108 valence electrons. The third-order valence-corrected chi connectivity index (χ3v) is 4.31. The molecule has 7 heteroatoms. The molecular formula is C12H18BrFN2O2S. The molecule has 0 bridgehead atoms. The largest absolute Gasteiger partial charge is 0.317 e. The Morgan fingerprint density at radius 2 is 2.05 bits per heavy atom. The Labute approximate surface area is 122 Å². The number of nitrogens with one attached hydrogen (secondary N) is 2. The molecule has 0 saturated carbocycles. The highest BCUT2D eigenvalue weighted by Crippen LogP contribution is 2.20. The van der Waals surface area contributed by atoms with Crippen LogP contribution < -0.4 is 10.0 Å². The number of unbranched alkanes of at least 4 members (excludes halogenated alkanes) is 1. The minimum absolute atomic E-state index is 0.00605. The Balaban J connectivity index is 2.50. The van der Waals surface area contributed by atoms with Crippen LogP contribution in [0, 0.1) is 5.82 Å². The molecule has 0 aromatic heterocycles. The van der Waals surface area contributed by atoms with Gasteiger partial charge in [0.05, 0.1) is 11.4 Å². The second-order valence-electron chi connectivity index (χ2n) is 4.11. The van der Waals surface area contributed by atoms with Crippen molar-refractivity contribution in [1.29, 1.82) is 0 Å². The molecule has 0 aliphatic heterocycles. The summed E-state index contributed by atoms with van der Waals surface area (Å²) in [4.78, 5) is 0. The van der Waals surface area contributed by atoms with E-state index in [-0.39, 0.29) is 11.4 Å². The van der Waals surface area contributed by atoms with Crippen LogP contribution in [0.2, 0.25) is 0 Å². The molecule has 0 saturated heterocycles. The lowest BCUT2D eigenvalue weighted by Crippen LogP contribution is -2.19. The Hall–Kier alpha value is -0.660. The molecule has 0 atom stereocenters. The van der Waals surface area contributed by atoms with Gasteiger partial charge >= 0.3 is 0 Å². The lowest BCUT2D eigenvalue weighted by Gasteiger charge is -2.09. The van der Waals surface area contributed by atoms with E-state index in [2.05, 4.69) is 26.0 Å². The number of sulfonamides is 1. The SMILES string of the molecule is CCNCCCCS(=O)(=O)Nc1ccc(Br)cc1F. The van der Waals surface area contributed by atoms with Gasteiger partial charge in [-0.05, 0) is 44.1 Å². The van der Waals surface area contributed by atoms with Crippen LogP contribution >= 0.6 is 15.9 Å². The minimum atomic E-state index is -3.49. The zero-order valence-corrected chi connectivity index (χ0v) is 13.2. The second-order valence-corrected chi connectivity index (χ2v) is 6.86. The first kappa shape index (κ1) is 16.4. The van der Waals surface area contributed by atoms with E-state index in [1.165, 1.54) is 12.1 Å². The van der Waals surface area contributed by atoms with Gasteiger partial charge in [-0.15, -0.1) is 0 Å². The third kappa shape index (κ3) is 6.35. The van der Waals surface area contributed by atoms with Crippen LogP contribution in [0.5, 0.6) is 0 Å². The number of rotatable bonds is 8. The van der Waals surface area contributed by atoms with Crippen molar-refractivity contribution in [1.82, 2.24) is 5.32 Å². The quantitative estimate of drug-likeness (QED) is 0.707. The van der Waals surface area contributed by atoms with Crippen LogP contribution in [-0.2, 0) is 10.0 Å². The van der Waals surface area contributed by atoms with Gasteiger partial charge in [0.25, 0.3) is 0 Å². The van der Waals surface area contributed by atoms with Gasteiger partial charge in [-0.25, -0.2) is 12.8 Å². The molecular weight excluding hydrogens is 335 g/mol. The highest BCUT2D eigenvalue weighted by Gasteiger charge is 2.12. The van der Waals surface area contributed by atoms with Crippen molar-refractivity contribution >= 4 is 31.6 Å². The van der Waals surface area contributed by atoms with Crippen molar-refractivity contribution in [3.05, 3.63) is 28.5 Å². The predicted molar refractivity (Wildman–Crippen MR) is 79.3 cm³/mol. The van der Waals surface area contributed by atoms with E-state index in [0.717, 1.165) is 19.5 Å². The van der Waals surface area contributed by atoms with Gasteiger partial charge in [0, 0.05) is 4.47 Å². The summed E-state index contributed by atoms with van der Waals surface area (Å²) < 4.78 is 39.9. The average Bonchev–Trinajstić information content (AvgIpc) is 2.32. The Bertz CT molecular complexity index is 508. The van der Waals surface area contributed by atoms with E-state index in [9.17, 15) is 12.8 Å². The fourth-order valence-corrected chi connectivity index (χ4v) is 3.03. The Kier molecular flexibility index (Phi) is 6.74. The van der Waals surface area contributed by atoms with Crippen molar-refractivity contribution in [3.8, 4) is 0 Å². The molecule has 1 rings (SSSR count). The number of anilines is 1. The average molecular weight is 353 g/mol. The van der Waals surface area contributed by atoms with Crippen molar-refractivity contribution in [3.63, 3.8) is 0 Å². The highest BCUT2D eigenvalue weighted by molar-refractivity contribution is 9.10. The maximum Gasteiger partial charge on any atom is 0.232 e. The lowest BCUT2D eigenvalue weighted by atomic mass is 10.3. The Morgan fingerprint density at radius 3 is 2.68 bits per heavy atom. The van der Waals surface area contributed by atoms with Gasteiger partial charge in [0.1, 0.15) is 5.82 Å². The number of hydrogen-bond acceptors (Lipinski definition) is 3. The molecule has 0 amide bonds. The molecule has 0 spiro atoms. The van der Waals surface area contributed by atoms with Crippen LogP contribution in [-0.4, -0.2) is 27.3 Å². The molecule has 0 aliphatic rings. The smallest absolute Gasteiger partial charge is 0.232 e. The zero-order chi connectivity index (χ0) is 14.3. The van der Waals surface area contributed by atoms with Crippen LogP contribution in [0.15, 0.2) is 22.7 Å². The van der Waals surface area contributed by atoms with E-state index in [1.807, 2.05) is 6.92 Å². The lowest BCUT2D eigenvalue weighted by molar-refractivity contribution is 0.591. The van der Waals surface area contributed by atoms with Gasteiger partial charge in [-0.1, -0.05) is 22.9 Å². The summed E-state index contributed by atoms with van der Waals surface area (Å²) >= 11 is 3.12. The maximum atomic E-state index is 13.5. The minimum Gasteiger partial charge on any atom is -0.317 e. The van der Waals surface area contributed by atoms with E-state index < -0.39 is 15.8 Å². The zero-order valence-electron chi connectivity index (χ0n) is 10.7. The standard InChI is InChI=1S/C12H18BrFN2O2S/c1-2-15-7-3-4-8-19(17,18)16-12-6-5-10(13)9-11(12)14/h5-6,9,15-16H,2-4,7-8H2,1H3. The summed E-state index contributed by atoms with van der Waals surface area (Å²) in [5, 5.41) is 3.12. The molecule has 1 aromatic rings. The van der Waals surface area contributed by atoms with Gasteiger partial charge in [0.2, 0.25) is 10.0 Å². The summed E-state index contributed by atoms with van der Waals surface area (Å²) in [6.45, 7) is 3.66. The topological polar surface area (TPSA) is 58.2 Å². The Morgan fingerprint density at radius 1 is 1.32 bits per heavy atom. The molecule has 0 heterocycles. The van der Waals surface area contributed by atoms with Crippen LogP contribution in [0.1, 0.15) is 19.8 Å². The third-order valence-electron chi connectivity index (χ3n) is 2.46. The van der Waals surface area contributed by atoms with Crippen LogP contribution in [0.3, 0.4) is 0 Å². The summed E-state index contributed by atoms with van der Waals surface area (Å²) in [6.07, 6.45) is 1.32. The number of benzene rings is 1. The monoisotopic (exact) mass is 352 g/mol. The summed E-state index contributed by atoms with van der Waals surface area (Å²) in [7, 11) is -3.49. The number of halogens is 2. The summed E-state index contributed by atoms with van der Waals surface area (Å²) in [5.41, 5.74) is -0.0186. The van der Waals surface area contributed by atoms with Crippen LogP contribution in [0.25, 0.3) is 0 Å². The van der Waals surface area contributed by atoms with Crippen molar-refractivity contribution in [2.45, 2.75) is 19.8 Å². The first-order valence-corrected chi connectivity index (χ1v) is 8.55. The van der Waals surface area contributed by atoms with Crippen molar-refractivity contribution in [2.24, 2.45) is 0 Å². The fraction of sp³-hybridized carbons (Fsp3) is 0.500. The van der Waals surface area contributed by atoms with Crippen LogP contribution in [0.4, 0.5) is 10.1 Å². The molecule has 0 aliphatic carbocycles. The normalized spacial score (nSPS) is 11.5. The van der Waals surface area contributed by atoms with Gasteiger partial charge in [0.15, 0.2) is 0 Å². The van der Waals surface area contributed by atoms with Gasteiger partial charge in [-0.3, -0.25) is 4.72 Å². The molecule has 1 aromatic carbocycles. The number of hydrogen-bond donors (Lipinski definition) is 2. The molecule has 4 nitrogen and oxygen atoms in total. The molecule has 0 radical (unpaired) electrons. The first-order valence-electron chi connectivity index (χ1n) is 6.11. The summed E-state index contributed by atoms with van der Waals surface area (Å²) in [5.74, 6) is -0.598. The molecule has 0 fully saturated rings. The van der Waals surface area contributed by atoms with E-state index >= 15 is 0 Å². The fourth-order valence-electron chi connectivity index (χ4n) is 1.51. The molecule has 2 N–H and O–H groups in total.